The molecule has 0 saturated heterocycles. The van der Waals surface area contributed by atoms with Crippen LogP contribution in [0.25, 0.3) is 0 Å². The minimum atomic E-state index is 1.04. The zero-order chi connectivity index (χ0) is 12.2. The van der Waals surface area contributed by atoms with Gasteiger partial charge >= 0.3 is 0 Å². The summed E-state index contributed by atoms with van der Waals surface area (Å²) in [5, 5.41) is 0. The molecule has 16 heavy (non-hydrogen) atoms. The monoisotopic (exact) mass is 245 g/mol. The van der Waals surface area contributed by atoms with E-state index in [1.165, 1.54) is 57.2 Å². The summed E-state index contributed by atoms with van der Waals surface area (Å²) < 4.78 is 0. The van der Waals surface area contributed by atoms with Crippen molar-refractivity contribution < 1.29 is 0 Å². The maximum Gasteiger partial charge on any atom is 0.0201 e. The van der Waals surface area contributed by atoms with Gasteiger partial charge in [0.25, 0.3) is 0 Å². The van der Waals surface area contributed by atoms with Crippen molar-refractivity contribution in [3.8, 4) is 0 Å². The van der Waals surface area contributed by atoms with Crippen LogP contribution in [0.2, 0.25) is 0 Å². The molecule has 0 unspecified atom stereocenters. The predicted molar refractivity (Wildman–Crippen MR) is 75.1 cm³/mol. The van der Waals surface area contributed by atoms with Gasteiger partial charge in [0.1, 0.15) is 0 Å². The first-order valence-electron chi connectivity index (χ1n) is 6.72. The van der Waals surface area contributed by atoms with E-state index in [1.807, 2.05) is 0 Å². The fraction of sp³-hybridized carbons (Fsp3) is 0.857. The lowest BCUT2D eigenvalue weighted by molar-refractivity contribution is 0.282. The molecule has 2 heteroatoms. The lowest BCUT2D eigenvalue weighted by atomic mass is 10.2. The van der Waals surface area contributed by atoms with Crippen LogP contribution in [-0.2, 0) is 0 Å². The highest BCUT2D eigenvalue weighted by Crippen LogP contribution is 2.06. The second-order valence-electron chi connectivity index (χ2n) is 4.65. The molecule has 0 fully saturated rings. The molecule has 0 aromatic carbocycles. The molecule has 0 bridgehead atoms. The number of rotatable bonds is 10. The van der Waals surface area contributed by atoms with Gasteiger partial charge in [-0.15, -0.1) is 0 Å². The molecule has 0 atom stereocenters. The molecule has 0 spiro atoms. The molecular formula is C14H28ClN. The Kier molecular flexibility index (Phi) is 11.5. The maximum atomic E-state index is 5.73. The Morgan fingerprint density at radius 2 is 1.50 bits per heavy atom. The third-order valence-corrected chi connectivity index (χ3v) is 3.19. The fourth-order valence-corrected chi connectivity index (χ4v) is 1.90. The van der Waals surface area contributed by atoms with Gasteiger partial charge in [-0.25, -0.2) is 0 Å². The molecule has 0 aliphatic heterocycles. The van der Waals surface area contributed by atoms with Gasteiger partial charge in [-0.1, -0.05) is 51.1 Å². The number of hydrogen-bond donors (Lipinski definition) is 0. The highest BCUT2D eigenvalue weighted by atomic mass is 35.5. The fourth-order valence-electron chi connectivity index (χ4n) is 1.83. The molecule has 0 aromatic rings. The predicted octanol–water partition coefficient (Wildman–Crippen LogP) is 4.81. The van der Waals surface area contributed by atoms with E-state index < -0.39 is 0 Å². The van der Waals surface area contributed by atoms with Gasteiger partial charge in [0.05, 0.1) is 0 Å². The molecule has 0 aromatic heterocycles. The van der Waals surface area contributed by atoms with E-state index in [0.717, 1.165) is 6.54 Å². The second-order valence-corrected chi connectivity index (χ2v) is 4.86. The summed E-state index contributed by atoms with van der Waals surface area (Å²) in [6.45, 7) is 10.1. The number of nitrogens with zero attached hydrogens (tertiary/aromatic N) is 1. The summed E-state index contributed by atoms with van der Waals surface area (Å²) in [5.41, 5.74) is 2.99. The number of halogens is 1. The minimum Gasteiger partial charge on any atom is -0.299 e. The number of unbranched alkanes of at least 4 members (excludes halogenated alkanes) is 4. The Morgan fingerprint density at radius 3 is 1.88 bits per heavy atom. The second kappa shape index (κ2) is 11.5. The Balaban J connectivity index is 3.85. The smallest absolute Gasteiger partial charge is 0.0201 e. The van der Waals surface area contributed by atoms with Gasteiger partial charge in [-0.05, 0) is 38.4 Å². The first-order valence-corrected chi connectivity index (χ1v) is 7.16. The van der Waals surface area contributed by atoms with Crippen molar-refractivity contribution in [2.45, 2.75) is 59.3 Å². The molecule has 0 saturated carbocycles. The van der Waals surface area contributed by atoms with Gasteiger partial charge < -0.3 is 0 Å². The van der Waals surface area contributed by atoms with Crippen molar-refractivity contribution in [3.05, 3.63) is 11.1 Å². The lowest BCUT2D eigenvalue weighted by Crippen LogP contribution is -2.27. The summed E-state index contributed by atoms with van der Waals surface area (Å²) >= 11 is 5.73. The summed E-state index contributed by atoms with van der Waals surface area (Å²) in [4.78, 5) is 2.54. The van der Waals surface area contributed by atoms with E-state index in [-0.39, 0.29) is 0 Å². The SMILES string of the molecule is CCCCCN(CCCCC)C/C(C)=C/Cl. The van der Waals surface area contributed by atoms with Crippen molar-refractivity contribution >= 4 is 11.6 Å². The molecule has 96 valence electrons. The molecule has 0 aliphatic rings. The first kappa shape index (κ1) is 16.0. The molecule has 0 rings (SSSR count). The average Bonchev–Trinajstić information content (AvgIpc) is 2.29. The van der Waals surface area contributed by atoms with Crippen LogP contribution in [0.4, 0.5) is 0 Å². The zero-order valence-corrected chi connectivity index (χ0v) is 12.0. The third-order valence-electron chi connectivity index (χ3n) is 2.82. The minimum absolute atomic E-state index is 1.04. The van der Waals surface area contributed by atoms with E-state index in [1.54, 1.807) is 5.54 Å². The van der Waals surface area contributed by atoms with Crippen LogP contribution < -0.4 is 0 Å². The van der Waals surface area contributed by atoms with Crippen LogP contribution in [0.1, 0.15) is 59.3 Å². The van der Waals surface area contributed by atoms with Crippen LogP contribution >= 0.6 is 11.6 Å². The summed E-state index contributed by atoms with van der Waals surface area (Å²) in [6, 6.07) is 0. The Bertz CT molecular complexity index is 168. The average molecular weight is 246 g/mol. The molecule has 0 heterocycles. The van der Waals surface area contributed by atoms with Gasteiger partial charge in [0.15, 0.2) is 0 Å². The molecule has 0 amide bonds. The van der Waals surface area contributed by atoms with Crippen molar-refractivity contribution in [1.29, 1.82) is 0 Å². The number of hydrogen-bond acceptors (Lipinski definition) is 1. The highest BCUT2D eigenvalue weighted by Gasteiger charge is 2.04. The Morgan fingerprint density at radius 1 is 1.00 bits per heavy atom. The molecule has 1 nitrogen and oxygen atoms in total. The maximum absolute atomic E-state index is 5.73. The van der Waals surface area contributed by atoms with Crippen LogP contribution in [0.5, 0.6) is 0 Å². The summed E-state index contributed by atoms with van der Waals surface area (Å²) in [5.74, 6) is 0. The van der Waals surface area contributed by atoms with Crippen molar-refractivity contribution in [1.82, 2.24) is 4.90 Å². The van der Waals surface area contributed by atoms with E-state index in [4.69, 9.17) is 11.6 Å². The Labute approximate surface area is 107 Å². The molecular weight excluding hydrogens is 218 g/mol. The highest BCUT2D eigenvalue weighted by molar-refractivity contribution is 6.25. The van der Waals surface area contributed by atoms with Gasteiger partial charge in [0, 0.05) is 12.1 Å². The van der Waals surface area contributed by atoms with Crippen LogP contribution in [0.15, 0.2) is 11.1 Å². The molecule has 0 aliphatic carbocycles. The topological polar surface area (TPSA) is 3.24 Å². The van der Waals surface area contributed by atoms with Gasteiger partial charge in [0.2, 0.25) is 0 Å². The van der Waals surface area contributed by atoms with E-state index >= 15 is 0 Å². The van der Waals surface area contributed by atoms with E-state index in [2.05, 4.69) is 25.7 Å². The van der Waals surface area contributed by atoms with Crippen LogP contribution in [-0.4, -0.2) is 24.5 Å². The lowest BCUT2D eigenvalue weighted by Gasteiger charge is -2.22. The van der Waals surface area contributed by atoms with Crippen molar-refractivity contribution in [3.63, 3.8) is 0 Å². The van der Waals surface area contributed by atoms with Gasteiger partial charge in [-0.3, -0.25) is 4.90 Å². The van der Waals surface area contributed by atoms with E-state index in [0.29, 0.717) is 0 Å². The van der Waals surface area contributed by atoms with Crippen molar-refractivity contribution in [2.75, 3.05) is 19.6 Å². The van der Waals surface area contributed by atoms with Gasteiger partial charge in [-0.2, -0.15) is 0 Å². The standard InChI is InChI=1S/C14H28ClN/c1-4-6-8-10-16(11-9-7-5-2)13-14(3)12-15/h12H,4-11,13H2,1-3H3/b14-12+. The normalized spacial score (nSPS) is 12.4. The summed E-state index contributed by atoms with van der Waals surface area (Å²) in [6.07, 6.45) is 7.92. The van der Waals surface area contributed by atoms with Crippen LogP contribution in [0.3, 0.4) is 0 Å². The molecule has 0 N–H and O–H groups in total. The largest absolute Gasteiger partial charge is 0.299 e. The van der Waals surface area contributed by atoms with Crippen molar-refractivity contribution in [2.24, 2.45) is 0 Å². The first-order chi connectivity index (χ1) is 7.74. The quantitative estimate of drug-likeness (QED) is 0.499. The zero-order valence-electron chi connectivity index (χ0n) is 11.3. The third kappa shape index (κ3) is 9.23. The van der Waals surface area contributed by atoms with Crippen LogP contribution in [0, 0.1) is 0 Å². The summed E-state index contributed by atoms with van der Waals surface area (Å²) in [7, 11) is 0. The Hall–Kier alpha value is -0.0100. The van der Waals surface area contributed by atoms with E-state index in [9.17, 15) is 0 Å². The molecule has 0 radical (unpaired) electrons.